The van der Waals surface area contributed by atoms with Gasteiger partial charge in [-0.3, -0.25) is 24.0 Å². The number of unbranched alkanes of at least 4 members (excludes halogenated alkanes) is 2. The predicted octanol–water partition coefficient (Wildman–Crippen LogP) is 2.34. The molecule has 0 aliphatic heterocycles. The van der Waals surface area contributed by atoms with E-state index in [0.717, 1.165) is 24.6 Å². The topological polar surface area (TPSA) is 155 Å². The van der Waals surface area contributed by atoms with E-state index in [1.807, 2.05) is 26.0 Å². The van der Waals surface area contributed by atoms with E-state index in [1.54, 1.807) is 37.0 Å². The molecule has 4 N–H and O–H groups in total. The number of carboxylic acids is 1. The van der Waals surface area contributed by atoms with Crippen molar-refractivity contribution in [2.75, 3.05) is 20.6 Å². The second-order valence-corrected chi connectivity index (χ2v) is 10.5. The molecule has 3 amide bonds. The number of fused-ring (bicyclic) bond motifs is 1. The molecule has 0 radical (unpaired) electrons. The molecule has 0 fully saturated rings. The first kappa shape index (κ1) is 33.5. The number of benzene rings is 1. The van der Waals surface area contributed by atoms with Gasteiger partial charge in [-0.25, -0.2) is 0 Å². The van der Waals surface area contributed by atoms with Crippen LogP contribution >= 0.6 is 0 Å². The number of carbonyl (C=O) groups is 5. The van der Waals surface area contributed by atoms with Crippen LogP contribution in [0, 0.1) is 0 Å². The highest BCUT2D eigenvalue weighted by molar-refractivity contribution is 5.95. The molecule has 3 atom stereocenters. The number of Topliss-reactive ketones (excluding diaryl/α,β-unsaturated/α-hetero) is 1. The summed E-state index contributed by atoms with van der Waals surface area (Å²) in [5.74, 6) is -2.45. The van der Waals surface area contributed by atoms with E-state index in [2.05, 4.69) is 5.32 Å². The molecule has 1 aromatic carbocycles. The summed E-state index contributed by atoms with van der Waals surface area (Å²) in [5, 5.41) is 12.8. The van der Waals surface area contributed by atoms with Crippen molar-refractivity contribution in [3.05, 3.63) is 36.0 Å². The summed E-state index contributed by atoms with van der Waals surface area (Å²) in [6.07, 6.45) is 5.85. The molecular weight excluding hydrogens is 526 g/mol. The molecule has 1 aromatic heterocycles. The fourth-order valence-corrected chi connectivity index (χ4v) is 5.17. The Labute approximate surface area is 242 Å². The van der Waals surface area contributed by atoms with Gasteiger partial charge in [-0.1, -0.05) is 57.7 Å². The van der Waals surface area contributed by atoms with Gasteiger partial charge in [0.25, 0.3) is 0 Å². The van der Waals surface area contributed by atoms with Crippen molar-refractivity contribution in [3.63, 3.8) is 0 Å². The van der Waals surface area contributed by atoms with Gasteiger partial charge >= 0.3 is 5.97 Å². The maximum Gasteiger partial charge on any atom is 0.323 e. The second-order valence-electron chi connectivity index (χ2n) is 10.5. The third-order valence-corrected chi connectivity index (χ3v) is 7.47. The number of rotatable bonds is 17. The Morgan fingerprint density at radius 2 is 1.54 bits per heavy atom. The second kappa shape index (κ2) is 15.9. The normalized spacial score (nSPS) is 13.3. The monoisotopic (exact) mass is 571 g/mol. The first-order valence-corrected chi connectivity index (χ1v) is 14.3. The van der Waals surface area contributed by atoms with Gasteiger partial charge in [-0.15, -0.1) is 0 Å². The molecule has 0 spiro atoms. The van der Waals surface area contributed by atoms with E-state index < -0.39 is 35.9 Å². The van der Waals surface area contributed by atoms with Crippen molar-refractivity contribution in [1.82, 2.24) is 19.7 Å². The molecule has 0 aliphatic carbocycles. The molecule has 0 saturated carbocycles. The first-order chi connectivity index (χ1) is 19.5. The number of likely N-dealkylation sites (N-methyl/N-ethyl adjacent to an activating group) is 2. The Morgan fingerprint density at radius 3 is 2.10 bits per heavy atom. The highest BCUT2D eigenvalue weighted by atomic mass is 16.4. The molecule has 0 unspecified atom stereocenters. The molecule has 0 aliphatic rings. The van der Waals surface area contributed by atoms with Crippen LogP contribution < -0.4 is 11.1 Å². The van der Waals surface area contributed by atoms with Crippen LogP contribution in [-0.2, 0) is 36.9 Å². The predicted molar refractivity (Wildman–Crippen MR) is 157 cm³/mol. The zero-order valence-electron chi connectivity index (χ0n) is 24.9. The molecule has 0 bridgehead atoms. The maximum absolute atomic E-state index is 14.0. The van der Waals surface area contributed by atoms with Crippen molar-refractivity contribution in [1.29, 1.82) is 0 Å². The third-order valence-electron chi connectivity index (χ3n) is 7.47. The first-order valence-electron chi connectivity index (χ1n) is 14.3. The Morgan fingerprint density at radius 1 is 0.951 bits per heavy atom. The van der Waals surface area contributed by atoms with Crippen LogP contribution in [0.5, 0.6) is 0 Å². The van der Waals surface area contributed by atoms with Gasteiger partial charge in [0.05, 0.1) is 12.6 Å². The zero-order valence-corrected chi connectivity index (χ0v) is 24.9. The average molecular weight is 572 g/mol. The molecule has 11 nitrogen and oxygen atoms in total. The largest absolute Gasteiger partial charge is 0.480 e. The number of ketones is 1. The van der Waals surface area contributed by atoms with E-state index in [1.165, 1.54) is 16.7 Å². The lowest BCUT2D eigenvalue weighted by Gasteiger charge is -2.35. The van der Waals surface area contributed by atoms with Gasteiger partial charge < -0.3 is 30.5 Å². The van der Waals surface area contributed by atoms with Crippen molar-refractivity contribution in [3.8, 4) is 0 Å². The molecule has 1 heterocycles. The number of nitrogens with one attached hydrogen (secondary N) is 1. The van der Waals surface area contributed by atoms with Gasteiger partial charge in [0.1, 0.15) is 18.6 Å². The number of para-hydroxylation sites is 1. The Hall–Kier alpha value is -3.73. The van der Waals surface area contributed by atoms with E-state index in [-0.39, 0.29) is 31.2 Å². The molecule has 2 rings (SSSR count). The number of hydrogen-bond donors (Lipinski definition) is 3. The average Bonchev–Trinajstić information content (AvgIpc) is 3.28. The fraction of sp³-hybridized carbons (Fsp3) is 0.567. The summed E-state index contributed by atoms with van der Waals surface area (Å²) >= 11 is 0. The SMILES string of the molecule is CCCC[C@@H](C(=O)N(C)[C@@H](CCCC)C(C)=O)N(C)C(=O)[C@@H](Cc1cn(CC(=O)O)c2ccccc12)NC(=O)CN. The number of aromatic nitrogens is 1. The lowest BCUT2D eigenvalue weighted by Crippen LogP contribution is -2.57. The van der Waals surface area contributed by atoms with Crippen LogP contribution in [0.3, 0.4) is 0 Å². The maximum atomic E-state index is 14.0. The minimum Gasteiger partial charge on any atom is -0.480 e. The number of carboxylic acid groups (broad SMARTS) is 1. The summed E-state index contributed by atoms with van der Waals surface area (Å²) in [4.78, 5) is 66.8. The molecular formula is C30H45N5O6. The summed E-state index contributed by atoms with van der Waals surface area (Å²) in [6, 6.07) is 4.78. The van der Waals surface area contributed by atoms with Crippen LogP contribution in [0.2, 0.25) is 0 Å². The Kier molecular flexibility index (Phi) is 13.0. The fourth-order valence-electron chi connectivity index (χ4n) is 5.17. The summed E-state index contributed by atoms with van der Waals surface area (Å²) < 4.78 is 1.59. The number of carbonyl (C=O) groups excluding carboxylic acids is 4. The molecule has 226 valence electrons. The highest BCUT2D eigenvalue weighted by Gasteiger charge is 2.36. The summed E-state index contributed by atoms with van der Waals surface area (Å²) in [6.45, 7) is 4.89. The van der Waals surface area contributed by atoms with Crippen molar-refractivity contribution in [2.24, 2.45) is 5.73 Å². The van der Waals surface area contributed by atoms with Crippen LogP contribution in [0.4, 0.5) is 0 Å². The Bertz CT molecular complexity index is 1230. The number of nitrogens with two attached hydrogens (primary N) is 1. The van der Waals surface area contributed by atoms with Crippen molar-refractivity contribution in [2.45, 2.75) is 90.4 Å². The summed E-state index contributed by atoms with van der Waals surface area (Å²) in [7, 11) is 3.14. The molecule has 0 saturated heterocycles. The van der Waals surface area contributed by atoms with E-state index in [4.69, 9.17) is 5.73 Å². The van der Waals surface area contributed by atoms with Crippen molar-refractivity contribution < 1.29 is 29.1 Å². The quantitative estimate of drug-likeness (QED) is 0.263. The number of hydrogen-bond acceptors (Lipinski definition) is 6. The molecule has 2 aromatic rings. The standard InChI is InChI=1S/C30H45N5O6/c1-6-8-13-24(20(3)36)33(4)30(41)26(14-9-7-2)34(5)29(40)23(32-27(37)17-31)16-21-18-35(19-28(38)39)25-15-11-10-12-22(21)25/h10-12,15,18,23-24,26H,6-9,13-14,16-17,19,31H2,1-5H3,(H,32,37)(H,38,39)/t23-,24+,26+/m1/s1. The van der Waals surface area contributed by atoms with Crippen LogP contribution in [0.15, 0.2) is 30.5 Å². The van der Waals surface area contributed by atoms with Gasteiger partial charge in [0, 0.05) is 37.6 Å². The van der Waals surface area contributed by atoms with E-state index in [0.29, 0.717) is 30.3 Å². The van der Waals surface area contributed by atoms with Crippen LogP contribution in [-0.4, -0.2) is 87.7 Å². The lowest BCUT2D eigenvalue weighted by molar-refractivity contribution is -0.148. The minimum absolute atomic E-state index is 0.0686. The Balaban J connectivity index is 2.44. The minimum atomic E-state index is -1.05. The zero-order chi connectivity index (χ0) is 30.7. The summed E-state index contributed by atoms with van der Waals surface area (Å²) in [5.41, 5.74) is 6.92. The number of nitrogens with zero attached hydrogens (tertiary/aromatic N) is 3. The van der Waals surface area contributed by atoms with Crippen LogP contribution in [0.25, 0.3) is 10.9 Å². The van der Waals surface area contributed by atoms with E-state index >= 15 is 0 Å². The smallest absolute Gasteiger partial charge is 0.323 e. The third kappa shape index (κ3) is 8.88. The van der Waals surface area contributed by atoms with Crippen LogP contribution in [0.1, 0.15) is 64.9 Å². The number of aliphatic carboxylic acids is 1. The number of amides is 3. The van der Waals surface area contributed by atoms with Gasteiger partial charge in [-0.05, 0) is 31.4 Å². The van der Waals surface area contributed by atoms with Gasteiger partial charge in [0.2, 0.25) is 17.7 Å². The van der Waals surface area contributed by atoms with Gasteiger partial charge in [-0.2, -0.15) is 0 Å². The highest BCUT2D eigenvalue weighted by Crippen LogP contribution is 2.24. The molecule has 11 heteroatoms. The molecule has 41 heavy (non-hydrogen) atoms. The lowest BCUT2D eigenvalue weighted by atomic mass is 10.00. The van der Waals surface area contributed by atoms with E-state index in [9.17, 15) is 29.1 Å². The van der Waals surface area contributed by atoms with Crippen molar-refractivity contribution >= 4 is 40.4 Å². The van der Waals surface area contributed by atoms with Gasteiger partial charge in [0.15, 0.2) is 5.78 Å².